The molecule has 0 radical (unpaired) electrons. The molecule has 2 atom stereocenters. The van der Waals surface area contributed by atoms with Crippen molar-refractivity contribution in [1.82, 2.24) is 29.5 Å². The van der Waals surface area contributed by atoms with Gasteiger partial charge in [0.2, 0.25) is 5.91 Å². The van der Waals surface area contributed by atoms with Gasteiger partial charge in [-0.3, -0.25) is 9.48 Å². The van der Waals surface area contributed by atoms with E-state index in [1.807, 2.05) is 41.9 Å². The highest BCUT2D eigenvalue weighted by Gasteiger charge is 2.36. The summed E-state index contributed by atoms with van der Waals surface area (Å²) >= 11 is 0. The zero-order chi connectivity index (χ0) is 17.6. The number of imidazole rings is 1. The number of hydrogen-bond donors (Lipinski definition) is 1. The van der Waals surface area contributed by atoms with E-state index in [1.165, 1.54) is 0 Å². The molecular weight excluding hydrogens is 316 g/mol. The zero-order valence-electron chi connectivity index (χ0n) is 14.7. The molecule has 0 aliphatic carbocycles. The second kappa shape index (κ2) is 7.99. The van der Waals surface area contributed by atoms with Gasteiger partial charge in [-0.15, -0.1) is 5.92 Å². The summed E-state index contributed by atoms with van der Waals surface area (Å²) in [6.45, 7) is 4.43. The third kappa shape index (κ3) is 4.28. The SMILES string of the molecule is CC#CCN[C@@H]1CN(C(=O)CCn2cccn2)C[C@H]1c1cn(C)cn1. The third-order valence-electron chi connectivity index (χ3n) is 4.52. The second-order valence-corrected chi connectivity index (χ2v) is 6.30. The number of nitrogens with zero attached hydrogens (tertiary/aromatic N) is 5. The molecule has 2 aromatic heterocycles. The Morgan fingerprint density at radius 1 is 1.44 bits per heavy atom. The standard InChI is InChI=1S/C18H24N6O/c1-3-4-7-19-17-13-23(11-15(17)16-12-22(2)14-20-16)18(25)6-10-24-9-5-8-21-24/h5,8-9,12,14-15,17,19H,6-7,10-11,13H2,1-2H3/t15-,17+/m0/s1. The summed E-state index contributed by atoms with van der Waals surface area (Å²) in [6.07, 6.45) is 7.90. The fourth-order valence-electron chi connectivity index (χ4n) is 3.21. The Bertz CT molecular complexity index is 754. The van der Waals surface area contributed by atoms with Crippen LogP contribution in [0.5, 0.6) is 0 Å². The highest BCUT2D eigenvalue weighted by atomic mass is 16.2. The van der Waals surface area contributed by atoms with Crippen LogP contribution in [-0.4, -0.2) is 55.8 Å². The maximum absolute atomic E-state index is 12.6. The predicted octanol–water partition coefficient (Wildman–Crippen LogP) is 0.614. The van der Waals surface area contributed by atoms with Crippen LogP contribution in [0.3, 0.4) is 0 Å². The fourth-order valence-corrected chi connectivity index (χ4v) is 3.21. The Hall–Kier alpha value is -2.59. The summed E-state index contributed by atoms with van der Waals surface area (Å²) in [6, 6.07) is 2.04. The largest absolute Gasteiger partial charge is 0.340 e. The van der Waals surface area contributed by atoms with E-state index in [-0.39, 0.29) is 17.9 Å². The van der Waals surface area contributed by atoms with Crippen LogP contribution in [0.4, 0.5) is 0 Å². The highest BCUT2D eigenvalue weighted by Crippen LogP contribution is 2.27. The first-order valence-corrected chi connectivity index (χ1v) is 8.53. The lowest BCUT2D eigenvalue weighted by molar-refractivity contribution is -0.130. The van der Waals surface area contributed by atoms with Gasteiger partial charge in [-0.25, -0.2) is 4.98 Å². The van der Waals surface area contributed by atoms with E-state index in [4.69, 9.17) is 0 Å². The minimum absolute atomic E-state index is 0.155. The molecule has 1 aliphatic heterocycles. The molecule has 1 saturated heterocycles. The Morgan fingerprint density at radius 2 is 2.32 bits per heavy atom. The molecule has 1 aliphatic rings. The van der Waals surface area contributed by atoms with E-state index in [2.05, 4.69) is 27.2 Å². The van der Waals surface area contributed by atoms with Gasteiger partial charge < -0.3 is 14.8 Å². The first-order valence-electron chi connectivity index (χ1n) is 8.53. The third-order valence-corrected chi connectivity index (χ3v) is 4.52. The van der Waals surface area contributed by atoms with Crippen LogP contribution in [0.15, 0.2) is 31.0 Å². The first-order chi connectivity index (χ1) is 12.2. The molecule has 7 heteroatoms. The quantitative estimate of drug-likeness (QED) is 0.783. The molecule has 25 heavy (non-hydrogen) atoms. The lowest BCUT2D eigenvalue weighted by atomic mass is 10.0. The molecule has 0 unspecified atom stereocenters. The molecule has 1 fully saturated rings. The molecule has 0 aromatic carbocycles. The Labute approximate surface area is 148 Å². The average Bonchev–Trinajstić information content (AvgIpc) is 3.33. The van der Waals surface area contributed by atoms with E-state index in [9.17, 15) is 4.79 Å². The molecule has 132 valence electrons. The van der Waals surface area contributed by atoms with Crippen molar-refractivity contribution < 1.29 is 4.79 Å². The number of carbonyl (C=O) groups is 1. The van der Waals surface area contributed by atoms with Gasteiger partial charge in [0, 0.05) is 63.7 Å². The Balaban J connectivity index is 1.64. The molecular formula is C18H24N6O. The summed E-state index contributed by atoms with van der Waals surface area (Å²) in [7, 11) is 1.96. The maximum atomic E-state index is 12.6. The summed E-state index contributed by atoms with van der Waals surface area (Å²) in [5.41, 5.74) is 1.02. The molecule has 7 nitrogen and oxygen atoms in total. The lowest BCUT2D eigenvalue weighted by Gasteiger charge is -2.16. The van der Waals surface area contributed by atoms with Crippen molar-refractivity contribution in [3.05, 3.63) is 36.7 Å². The lowest BCUT2D eigenvalue weighted by Crippen LogP contribution is -2.37. The van der Waals surface area contributed by atoms with E-state index in [0.29, 0.717) is 32.6 Å². The van der Waals surface area contributed by atoms with E-state index >= 15 is 0 Å². The Kier molecular flexibility index (Phi) is 5.51. The summed E-state index contributed by atoms with van der Waals surface area (Å²) in [5, 5.41) is 7.61. The van der Waals surface area contributed by atoms with Gasteiger partial charge in [-0.05, 0) is 13.0 Å². The van der Waals surface area contributed by atoms with Crippen LogP contribution < -0.4 is 5.32 Å². The van der Waals surface area contributed by atoms with Crippen molar-refractivity contribution in [2.24, 2.45) is 7.05 Å². The molecule has 1 N–H and O–H groups in total. The molecule has 0 saturated carbocycles. The number of rotatable bonds is 6. The van der Waals surface area contributed by atoms with Crippen LogP contribution in [-0.2, 0) is 18.4 Å². The monoisotopic (exact) mass is 340 g/mol. The first kappa shape index (κ1) is 17.2. The number of carbonyl (C=O) groups excluding carboxylic acids is 1. The van der Waals surface area contributed by atoms with Crippen LogP contribution in [0.25, 0.3) is 0 Å². The van der Waals surface area contributed by atoms with Gasteiger partial charge in [0.1, 0.15) is 0 Å². The van der Waals surface area contributed by atoms with Crippen LogP contribution in [0, 0.1) is 11.8 Å². The number of hydrogen-bond acceptors (Lipinski definition) is 4. The zero-order valence-corrected chi connectivity index (χ0v) is 14.7. The van der Waals surface area contributed by atoms with E-state index in [1.54, 1.807) is 17.2 Å². The topological polar surface area (TPSA) is 68.0 Å². The van der Waals surface area contributed by atoms with Gasteiger partial charge in [0.25, 0.3) is 0 Å². The van der Waals surface area contributed by atoms with Crippen molar-refractivity contribution in [2.75, 3.05) is 19.6 Å². The minimum atomic E-state index is 0.155. The van der Waals surface area contributed by atoms with Crippen molar-refractivity contribution in [1.29, 1.82) is 0 Å². The number of nitrogens with one attached hydrogen (secondary N) is 1. The number of likely N-dealkylation sites (tertiary alicyclic amines) is 1. The maximum Gasteiger partial charge on any atom is 0.224 e. The van der Waals surface area contributed by atoms with Gasteiger partial charge in [0.15, 0.2) is 0 Å². The van der Waals surface area contributed by atoms with Crippen molar-refractivity contribution >= 4 is 5.91 Å². The summed E-state index contributed by atoms with van der Waals surface area (Å²) < 4.78 is 3.73. The van der Waals surface area contributed by atoms with Crippen LogP contribution in [0.2, 0.25) is 0 Å². The van der Waals surface area contributed by atoms with Crippen molar-refractivity contribution in [2.45, 2.75) is 31.8 Å². The summed E-state index contributed by atoms with van der Waals surface area (Å²) in [5.74, 6) is 6.28. The molecule has 1 amide bonds. The van der Waals surface area contributed by atoms with Crippen LogP contribution in [0.1, 0.15) is 25.0 Å². The van der Waals surface area contributed by atoms with Crippen LogP contribution >= 0.6 is 0 Å². The number of aromatic nitrogens is 4. The van der Waals surface area contributed by atoms with Gasteiger partial charge >= 0.3 is 0 Å². The molecule has 0 spiro atoms. The molecule has 3 heterocycles. The van der Waals surface area contributed by atoms with E-state index < -0.39 is 0 Å². The Morgan fingerprint density at radius 3 is 3.00 bits per heavy atom. The predicted molar refractivity (Wildman–Crippen MR) is 94.6 cm³/mol. The van der Waals surface area contributed by atoms with Crippen molar-refractivity contribution in [3.63, 3.8) is 0 Å². The van der Waals surface area contributed by atoms with Gasteiger partial charge in [0.05, 0.1) is 18.6 Å². The smallest absolute Gasteiger partial charge is 0.224 e. The summed E-state index contributed by atoms with van der Waals surface area (Å²) in [4.78, 5) is 19.0. The number of aryl methyl sites for hydroxylation is 2. The van der Waals surface area contributed by atoms with Crippen molar-refractivity contribution in [3.8, 4) is 11.8 Å². The fraction of sp³-hybridized carbons (Fsp3) is 0.500. The normalized spacial score (nSPS) is 19.7. The van der Waals surface area contributed by atoms with E-state index in [0.717, 1.165) is 5.69 Å². The molecule has 0 bridgehead atoms. The highest BCUT2D eigenvalue weighted by molar-refractivity contribution is 5.76. The molecule has 3 rings (SSSR count). The minimum Gasteiger partial charge on any atom is -0.340 e. The van der Waals surface area contributed by atoms with Gasteiger partial charge in [-0.1, -0.05) is 5.92 Å². The number of amides is 1. The molecule has 2 aromatic rings. The average molecular weight is 340 g/mol. The second-order valence-electron chi connectivity index (χ2n) is 6.30. The van der Waals surface area contributed by atoms with Gasteiger partial charge in [-0.2, -0.15) is 5.10 Å².